The van der Waals surface area contributed by atoms with Crippen LogP contribution in [0.2, 0.25) is 0 Å². The molecular weight excluding hydrogens is 568 g/mol. The second kappa shape index (κ2) is 8.97. The van der Waals surface area contributed by atoms with Crippen LogP contribution in [0.3, 0.4) is 0 Å². The number of hydrogen-bond acceptors (Lipinski definition) is 6. The average molecular weight is 578 g/mol. The zero-order valence-electron chi connectivity index (χ0n) is 12.6. The van der Waals surface area contributed by atoms with Gasteiger partial charge in [0.2, 0.25) is 0 Å². The van der Waals surface area contributed by atoms with Gasteiger partial charge in [0.25, 0.3) is 0 Å². The first-order valence-electron chi connectivity index (χ1n) is 7.01. The number of benzene rings is 2. The fraction of sp³-hybridized carbons (Fsp3) is 0. The van der Waals surface area contributed by atoms with Gasteiger partial charge >= 0.3 is 21.1 Å². The van der Waals surface area contributed by atoms with Gasteiger partial charge < -0.3 is 49.7 Å². The number of pyridine rings is 2. The molecule has 0 aliphatic carbocycles. The predicted octanol–water partition coefficient (Wildman–Crippen LogP) is 4.67. The van der Waals surface area contributed by atoms with Crippen LogP contribution in [0, 0.1) is 0 Å². The largest absolute Gasteiger partial charge is 2.00 e. The summed E-state index contributed by atoms with van der Waals surface area (Å²) in [6.45, 7) is 0. The van der Waals surface area contributed by atoms with Crippen LogP contribution in [-0.2, 0) is 46.3 Å². The third-order valence-corrected chi connectivity index (χ3v) is 4.83. The molecule has 0 amide bonds. The van der Waals surface area contributed by atoms with E-state index in [1.54, 1.807) is 0 Å². The van der Waals surface area contributed by atoms with Gasteiger partial charge in [-0.2, -0.15) is 0 Å². The summed E-state index contributed by atoms with van der Waals surface area (Å²) in [6, 6.07) is 16.6. The Hall–Kier alpha value is -1.17. The van der Waals surface area contributed by atoms with Crippen molar-refractivity contribution in [2.75, 3.05) is 0 Å². The number of fused-ring (bicyclic) bond motifs is 5. The predicted molar refractivity (Wildman–Crippen MR) is 114 cm³/mol. The third-order valence-electron chi connectivity index (χ3n) is 3.49. The van der Waals surface area contributed by atoms with Crippen LogP contribution in [0.4, 0.5) is 0 Å². The van der Waals surface area contributed by atoms with Crippen molar-refractivity contribution in [1.82, 2.24) is 9.97 Å². The molecule has 0 radical (unpaired) electrons. The minimum atomic E-state index is 0. The standard InChI is InChI=1S/C16H10N2.C2H2S4.Pt/c1-3-12-7-5-11-6-8-13-4-2-10-18-16(13)14(11)15(12)17-9-1;3-1(4)2(5)6;/h1-10H;(H,3,4)(H,5,6);/q;;+2/p-2. The Bertz CT molecular complexity index is 1000. The molecule has 0 fully saturated rings. The van der Waals surface area contributed by atoms with Crippen molar-refractivity contribution in [2.24, 2.45) is 0 Å². The van der Waals surface area contributed by atoms with Crippen molar-refractivity contribution in [3.8, 4) is 0 Å². The van der Waals surface area contributed by atoms with Crippen molar-refractivity contribution in [1.29, 1.82) is 0 Å². The minimum absolute atomic E-state index is 0. The van der Waals surface area contributed by atoms with E-state index in [1.165, 1.54) is 5.39 Å². The molecular formula is C18H10N2PtS4. The number of rotatable bonds is 1. The van der Waals surface area contributed by atoms with E-state index < -0.39 is 0 Å². The van der Waals surface area contributed by atoms with E-state index >= 15 is 0 Å². The Morgan fingerprint density at radius 1 is 0.680 bits per heavy atom. The maximum absolute atomic E-state index is 4.52. The molecule has 2 aromatic heterocycles. The number of aromatic nitrogens is 2. The minimum Gasteiger partial charge on any atom is -0.430 e. The molecule has 0 saturated carbocycles. The third kappa shape index (κ3) is 4.52. The molecule has 0 atom stereocenters. The molecule has 0 aliphatic rings. The van der Waals surface area contributed by atoms with Crippen molar-refractivity contribution >= 4 is 90.7 Å². The Balaban J connectivity index is 0.000000283. The molecule has 0 N–H and O–H groups in total. The number of hydrogen-bond donors (Lipinski definition) is 0. The number of nitrogens with zero attached hydrogens (tertiary/aromatic N) is 2. The van der Waals surface area contributed by atoms with E-state index in [0.717, 1.165) is 27.2 Å². The van der Waals surface area contributed by atoms with Gasteiger partial charge in [0, 0.05) is 28.6 Å². The van der Waals surface area contributed by atoms with Crippen LogP contribution >= 0.6 is 24.4 Å². The van der Waals surface area contributed by atoms with Gasteiger partial charge in [0.05, 0.1) is 11.0 Å². The van der Waals surface area contributed by atoms with Gasteiger partial charge in [0.15, 0.2) is 0 Å². The van der Waals surface area contributed by atoms with Crippen LogP contribution in [0.25, 0.3) is 32.6 Å². The normalized spacial score (nSPS) is 9.92. The second-order valence-electron chi connectivity index (χ2n) is 4.95. The first-order valence-corrected chi connectivity index (χ1v) is 8.65. The summed E-state index contributed by atoms with van der Waals surface area (Å²) in [5.74, 6) is 0. The maximum atomic E-state index is 4.52. The van der Waals surface area contributed by atoms with E-state index in [9.17, 15) is 0 Å². The molecule has 7 heteroatoms. The van der Waals surface area contributed by atoms with Crippen LogP contribution in [0.5, 0.6) is 0 Å². The molecule has 2 aromatic carbocycles. The molecule has 0 saturated heterocycles. The van der Waals surface area contributed by atoms with E-state index in [1.807, 2.05) is 24.5 Å². The van der Waals surface area contributed by atoms with Crippen molar-refractivity contribution in [2.45, 2.75) is 0 Å². The van der Waals surface area contributed by atoms with E-state index in [0.29, 0.717) is 0 Å². The van der Waals surface area contributed by atoms with E-state index in [2.05, 4.69) is 96.1 Å². The Kier molecular flexibility index (Phi) is 7.23. The molecule has 2 nitrogen and oxygen atoms in total. The summed E-state index contributed by atoms with van der Waals surface area (Å²) in [7, 11) is 0. The Morgan fingerprint density at radius 3 is 1.48 bits per heavy atom. The quantitative estimate of drug-likeness (QED) is 0.185. The molecule has 0 aliphatic heterocycles. The van der Waals surface area contributed by atoms with Crippen LogP contribution in [0.15, 0.2) is 60.9 Å². The Labute approximate surface area is 181 Å². The van der Waals surface area contributed by atoms with E-state index in [-0.39, 0.29) is 29.5 Å². The van der Waals surface area contributed by atoms with Gasteiger partial charge in [-0.3, -0.25) is 9.97 Å². The molecule has 126 valence electrons. The van der Waals surface area contributed by atoms with Crippen molar-refractivity contribution in [3.05, 3.63) is 60.9 Å². The van der Waals surface area contributed by atoms with Gasteiger partial charge in [-0.1, -0.05) is 36.4 Å². The molecule has 25 heavy (non-hydrogen) atoms. The van der Waals surface area contributed by atoms with Gasteiger partial charge in [-0.15, -0.1) is 8.39 Å². The zero-order valence-corrected chi connectivity index (χ0v) is 18.2. The van der Waals surface area contributed by atoms with Crippen molar-refractivity contribution < 1.29 is 21.1 Å². The molecule has 4 rings (SSSR count). The first kappa shape index (κ1) is 20.1. The molecule has 4 aromatic rings. The van der Waals surface area contributed by atoms with Crippen molar-refractivity contribution in [3.63, 3.8) is 0 Å². The summed E-state index contributed by atoms with van der Waals surface area (Å²) in [5, 5.41) is 4.64. The molecule has 2 heterocycles. The van der Waals surface area contributed by atoms with Crippen LogP contribution in [0.1, 0.15) is 0 Å². The summed E-state index contributed by atoms with van der Waals surface area (Å²) in [6.07, 6.45) is 3.67. The van der Waals surface area contributed by atoms with Crippen LogP contribution < -0.4 is 0 Å². The SMILES string of the molecule is S=C([S-])C(=S)[S-].[Pt+2].c1cnc2c(c1)ccc1ccc3cccnc3c12. The maximum Gasteiger partial charge on any atom is 2.00 e. The fourth-order valence-corrected chi connectivity index (χ4v) is 2.49. The molecule has 0 spiro atoms. The monoisotopic (exact) mass is 577 g/mol. The Morgan fingerprint density at radius 2 is 1.08 bits per heavy atom. The van der Waals surface area contributed by atoms with Gasteiger partial charge in [-0.05, 0) is 17.5 Å². The number of thiocarbonyl (C=S) groups is 2. The summed E-state index contributed by atoms with van der Waals surface area (Å²) in [4.78, 5) is 9.04. The first-order chi connectivity index (χ1) is 11.6. The summed E-state index contributed by atoms with van der Waals surface area (Å²) < 4.78 is 0.444. The second-order valence-corrected chi connectivity index (χ2v) is 7.10. The zero-order chi connectivity index (χ0) is 17.1. The fourth-order valence-electron chi connectivity index (χ4n) is 2.49. The smallest absolute Gasteiger partial charge is 0.430 e. The molecule has 0 bridgehead atoms. The average Bonchev–Trinajstić information content (AvgIpc) is 2.61. The van der Waals surface area contributed by atoms with Crippen LogP contribution in [-0.4, -0.2) is 18.4 Å². The molecule has 0 unspecified atom stereocenters. The van der Waals surface area contributed by atoms with E-state index in [4.69, 9.17) is 0 Å². The van der Waals surface area contributed by atoms with Gasteiger partial charge in [0.1, 0.15) is 0 Å². The summed E-state index contributed by atoms with van der Waals surface area (Å²) in [5.41, 5.74) is 2.05. The summed E-state index contributed by atoms with van der Waals surface area (Å²) >= 11 is 17.6. The van der Waals surface area contributed by atoms with Gasteiger partial charge in [-0.25, -0.2) is 0 Å². The topological polar surface area (TPSA) is 25.8 Å².